The molecule has 0 saturated heterocycles. The molecule has 0 aliphatic carbocycles. The van der Waals surface area contributed by atoms with Crippen molar-refractivity contribution in [2.24, 2.45) is 0 Å². The summed E-state index contributed by atoms with van der Waals surface area (Å²) in [5.74, 6) is -1.84. The molecule has 3 rings (SSSR count). The van der Waals surface area contributed by atoms with E-state index in [-0.39, 0.29) is 55.2 Å². The van der Waals surface area contributed by atoms with E-state index in [1.807, 2.05) is 30.3 Å². The van der Waals surface area contributed by atoms with Gasteiger partial charge in [0, 0.05) is 32.4 Å². The molecule has 8 nitrogen and oxygen atoms in total. The molecule has 2 aromatic carbocycles. The number of ketones is 1. The molecule has 1 aliphatic rings. The van der Waals surface area contributed by atoms with E-state index in [9.17, 15) is 24.0 Å². The highest BCUT2D eigenvalue weighted by Crippen LogP contribution is 2.26. The highest BCUT2D eigenvalue weighted by molar-refractivity contribution is 6.22. The van der Waals surface area contributed by atoms with Gasteiger partial charge in [0.15, 0.2) is 0 Å². The van der Waals surface area contributed by atoms with Gasteiger partial charge in [-0.05, 0) is 24.6 Å². The number of fused-ring (bicyclic) bond motifs is 1. The van der Waals surface area contributed by atoms with Crippen LogP contribution in [0.4, 0.5) is 0 Å². The first kappa shape index (κ1) is 22.9. The first-order valence-electron chi connectivity index (χ1n) is 10.4. The number of imide groups is 1. The lowest BCUT2D eigenvalue weighted by Crippen LogP contribution is -2.51. The van der Waals surface area contributed by atoms with Crippen molar-refractivity contribution in [1.29, 1.82) is 0 Å². The van der Waals surface area contributed by atoms with E-state index in [4.69, 9.17) is 0 Å². The molecule has 2 aromatic rings. The Kier molecular flexibility index (Phi) is 7.49. The Morgan fingerprint density at radius 3 is 1.97 bits per heavy atom. The molecule has 0 aromatic heterocycles. The highest BCUT2D eigenvalue weighted by atomic mass is 16.2. The van der Waals surface area contributed by atoms with E-state index in [0.29, 0.717) is 0 Å². The SMILES string of the molecule is CC(=O)CCC(=O)NCCNC(=O)C(Cc1ccccc1)N1C(=O)c2ccccc2C1=O. The Hall–Kier alpha value is -3.81. The molecule has 1 heterocycles. The Bertz CT molecular complexity index is 1000. The number of amides is 4. The van der Waals surface area contributed by atoms with E-state index in [1.54, 1.807) is 24.3 Å². The zero-order valence-corrected chi connectivity index (χ0v) is 17.8. The van der Waals surface area contributed by atoms with Crippen LogP contribution in [0.2, 0.25) is 0 Å². The Morgan fingerprint density at radius 2 is 1.38 bits per heavy atom. The number of nitrogens with one attached hydrogen (secondary N) is 2. The second-order valence-corrected chi connectivity index (χ2v) is 7.57. The van der Waals surface area contributed by atoms with Crippen LogP contribution in [-0.2, 0) is 20.8 Å². The summed E-state index contributed by atoms with van der Waals surface area (Å²) in [6, 6.07) is 14.6. The van der Waals surface area contributed by atoms with Crippen molar-refractivity contribution in [3.8, 4) is 0 Å². The average molecular weight is 435 g/mol. The van der Waals surface area contributed by atoms with Crippen LogP contribution in [0.3, 0.4) is 0 Å². The monoisotopic (exact) mass is 435 g/mol. The van der Waals surface area contributed by atoms with E-state index in [0.717, 1.165) is 10.5 Å². The predicted octanol–water partition coefficient (Wildman–Crippen LogP) is 1.50. The normalized spacial score (nSPS) is 13.5. The molecule has 1 aliphatic heterocycles. The summed E-state index contributed by atoms with van der Waals surface area (Å²) >= 11 is 0. The van der Waals surface area contributed by atoms with Gasteiger partial charge in [-0.3, -0.25) is 24.1 Å². The molecule has 0 bridgehead atoms. The van der Waals surface area contributed by atoms with Crippen molar-refractivity contribution in [1.82, 2.24) is 15.5 Å². The number of benzene rings is 2. The summed E-state index contributed by atoms with van der Waals surface area (Å²) in [5, 5.41) is 5.33. The van der Waals surface area contributed by atoms with Gasteiger partial charge < -0.3 is 15.4 Å². The van der Waals surface area contributed by atoms with Crippen LogP contribution in [0.5, 0.6) is 0 Å². The maximum Gasteiger partial charge on any atom is 0.262 e. The lowest BCUT2D eigenvalue weighted by Gasteiger charge is -2.25. The topological polar surface area (TPSA) is 113 Å². The summed E-state index contributed by atoms with van der Waals surface area (Å²) in [6.07, 6.45) is 0.426. The summed E-state index contributed by atoms with van der Waals surface area (Å²) in [4.78, 5) is 62.6. The van der Waals surface area contributed by atoms with Crippen molar-refractivity contribution in [2.45, 2.75) is 32.2 Å². The molecule has 8 heteroatoms. The average Bonchev–Trinajstić information content (AvgIpc) is 3.04. The van der Waals surface area contributed by atoms with Gasteiger partial charge >= 0.3 is 0 Å². The number of rotatable bonds is 10. The van der Waals surface area contributed by atoms with Crippen molar-refractivity contribution in [3.05, 3.63) is 71.3 Å². The van der Waals surface area contributed by atoms with Crippen LogP contribution < -0.4 is 10.6 Å². The first-order valence-corrected chi connectivity index (χ1v) is 10.4. The largest absolute Gasteiger partial charge is 0.354 e. The number of carbonyl (C=O) groups excluding carboxylic acids is 5. The highest BCUT2D eigenvalue weighted by Gasteiger charge is 2.42. The molecular weight excluding hydrogens is 410 g/mol. The van der Waals surface area contributed by atoms with Crippen molar-refractivity contribution >= 4 is 29.4 Å². The van der Waals surface area contributed by atoms with Gasteiger partial charge in [-0.2, -0.15) is 0 Å². The van der Waals surface area contributed by atoms with Crippen molar-refractivity contribution in [2.75, 3.05) is 13.1 Å². The molecule has 166 valence electrons. The second kappa shape index (κ2) is 10.5. The number of hydrogen-bond acceptors (Lipinski definition) is 5. The van der Waals surface area contributed by atoms with Gasteiger partial charge in [0.05, 0.1) is 11.1 Å². The molecule has 2 N–H and O–H groups in total. The smallest absolute Gasteiger partial charge is 0.262 e. The lowest BCUT2D eigenvalue weighted by atomic mass is 10.0. The van der Waals surface area contributed by atoms with Crippen LogP contribution in [0.25, 0.3) is 0 Å². The van der Waals surface area contributed by atoms with Gasteiger partial charge in [-0.15, -0.1) is 0 Å². The Morgan fingerprint density at radius 1 is 0.812 bits per heavy atom. The number of nitrogens with zero attached hydrogens (tertiary/aromatic N) is 1. The molecule has 0 spiro atoms. The molecule has 1 unspecified atom stereocenters. The van der Waals surface area contributed by atoms with Gasteiger partial charge in [0.1, 0.15) is 11.8 Å². The molecule has 4 amide bonds. The zero-order valence-electron chi connectivity index (χ0n) is 17.8. The molecule has 0 fully saturated rings. The third-order valence-electron chi connectivity index (χ3n) is 5.16. The van der Waals surface area contributed by atoms with E-state index >= 15 is 0 Å². The van der Waals surface area contributed by atoms with Crippen LogP contribution >= 0.6 is 0 Å². The quantitative estimate of drug-likeness (QED) is 0.434. The fraction of sp³-hybridized carbons (Fsp3) is 0.292. The third-order valence-corrected chi connectivity index (χ3v) is 5.16. The van der Waals surface area contributed by atoms with Crippen LogP contribution in [0.1, 0.15) is 46.0 Å². The van der Waals surface area contributed by atoms with Gasteiger partial charge in [-0.1, -0.05) is 42.5 Å². The number of carbonyl (C=O) groups is 5. The summed E-state index contributed by atoms with van der Waals surface area (Å²) in [7, 11) is 0. The molecule has 1 atom stereocenters. The van der Waals surface area contributed by atoms with Crippen molar-refractivity contribution in [3.63, 3.8) is 0 Å². The Labute approximate surface area is 186 Å². The second-order valence-electron chi connectivity index (χ2n) is 7.57. The number of hydrogen-bond donors (Lipinski definition) is 2. The van der Waals surface area contributed by atoms with Gasteiger partial charge in [-0.25, -0.2) is 0 Å². The minimum absolute atomic E-state index is 0.0712. The van der Waals surface area contributed by atoms with E-state index < -0.39 is 23.8 Å². The maximum absolute atomic E-state index is 13.0. The molecular formula is C24H25N3O5. The van der Waals surface area contributed by atoms with E-state index in [1.165, 1.54) is 6.92 Å². The molecule has 32 heavy (non-hydrogen) atoms. The Balaban J connectivity index is 1.68. The summed E-state index contributed by atoms with van der Waals surface area (Å²) in [5.41, 5.74) is 1.36. The first-order chi connectivity index (χ1) is 15.4. The summed E-state index contributed by atoms with van der Waals surface area (Å²) in [6.45, 7) is 1.71. The number of Topliss-reactive ketones (excluding diaryl/α,β-unsaturated/α-hetero) is 1. The minimum atomic E-state index is -1.03. The molecule has 0 saturated carbocycles. The fourth-order valence-corrected chi connectivity index (χ4v) is 3.51. The predicted molar refractivity (Wildman–Crippen MR) is 117 cm³/mol. The lowest BCUT2D eigenvalue weighted by molar-refractivity contribution is -0.126. The minimum Gasteiger partial charge on any atom is -0.354 e. The third kappa shape index (κ3) is 5.46. The van der Waals surface area contributed by atoms with Crippen molar-refractivity contribution < 1.29 is 24.0 Å². The van der Waals surface area contributed by atoms with Gasteiger partial charge in [0.25, 0.3) is 11.8 Å². The van der Waals surface area contributed by atoms with Crippen LogP contribution in [0, 0.1) is 0 Å². The van der Waals surface area contributed by atoms with E-state index in [2.05, 4.69) is 10.6 Å². The van der Waals surface area contributed by atoms with Crippen LogP contribution in [0.15, 0.2) is 54.6 Å². The summed E-state index contributed by atoms with van der Waals surface area (Å²) < 4.78 is 0. The van der Waals surface area contributed by atoms with Gasteiger partial charge in [0.2, 0.25) is 11.8 Å². The van der Waals surface area contributed by atoms with Crippen LogP contribution in [-0.4, -0.2) is 53.4 Å². The zero-order chi connectivity index (χ0) is 23.1. The maximum atomic E-state index is 13.0. The fourth-order valence-electron chi connectivity index (χ4n) is 3.51. The molecule has 0 radical (unpaired) electrons. The standard InChI is InChI=1S/C24H25N3O5/c1-16(28)11-12-21(29)25-13-14-26-22(30)20(15-17-7-3-2-4-8-17)27-23(31)18-9-5-6-10-19(18)24(27)32/h2-10,20H,11-15H2,1H3,(H,25,29)(H,26,30).